The maximum absolute atomic E-state index is 10.3. The van der Waals surface area contributed by atoms with Gasteiger partial charge in [0.25, 0.3) is 0 Å². The van der Waals surface area contributed by atoms with Crippen LogP contribution in [0.4, 0.5) is 0 Å². The summed E-state index contributed by atoms with van der Waals surface area (Å²) in [4.78, 5) is 10.3. The highest BCUT2D eigenvalue weighted by Crippen LogP contribution is 1.97. The van der Waals surface area contributed by atoms with Crippen LogP contribution < -0.4 is 5.11 Å². The standard InChI is InChI=1S/C6H10O2/c1-3-6(4-7)5(2)8/h4,7H,3H2,1-2H3/p-1. The van der Waals surface area contributed by atoms with Crippen molar-refractivity contribution in [3.63, 3.8) is 0 Å². The van der Waals surface area contributed by atoms with E-state index in [0.29, 0.717) is 18.3 Å². The number of allylic oxidation sites excluding steroid dienone is 1. The summed E-state index contributed by atoms with van der Waals surface area (Å²) in [5, 5.41) is 9.92. The van der Waals surface area contributed by atoms with Gasteiger partial charge in [-0.2, -0.15) is 0 Å². The zero-order valence-electron chi connectivity index (χ0n) is 5.10. The molecule has 0 heterocycles. The highest BCUT2D eigenvalue weighted by molar-refractivity contribution is 5.92. The third kappa shape index (κ3) is 1.78. The van der Waals surface area contributed by atoms with Gasteiger partial charge in [-0.1, -0.05) is 6.92 Å². The number of rotatable bonds is 2. The highest BCUT2D eigenvalue weighted by Gasteiger charge is 1.93. The largest absolute Gasteiger partial charge is 0.878 e. The van der Waals surface area contributed by atoms with Crippen LogP contribution >= 0.6 is 0 Å². The van der Waals surface area contributed by atoms with Crippen LogP contribution in [0, 0.1) is 0 Å². The second-order valence-corrected chi connectivity index (χ2v) is 1.55. The molecule has 2 heteroatoms. The van der Waals surface area contributed by atoms with Gasteiger partial charge in [-0.05, 0) is 18.9 Å². The van der Waals surface area contributed by atoms with E-state index in [9.17, 15) is 9.90 Å². The molecule has 0 fully saturated rings. The highest BCUT2D eigenvalue weighted by atomic mass is 16.2. The number of carbonyl (C=O) groups is 1. The summed E-state index contributed by atoms with van der Waals surface area (Å²) < 4.78 is 0. The Balaban J connectivity index is 3.92. The lowest BCUT2D eigenvalue weighted by Crippen LogP contribution is -2.00. The number of carbonyl (C=O) groups excluding carboxylic acids is 1. The number of hydrogen-bond donors (Lipinski definition) is 0. The molecule has 2 nitrogen and oxygen atoms in total. The summed E-state index contributed by atoms with van der Waals surface area (Å²) >= 11 is 0. The van der Waals surface area contributed by atoms with Gasteiger partial charge in [0, 0.05) is 0 Å². The molecule has 0 aliphatic heterocycles. The predicted molar refractivity (Wildman–Crippen MR) is 29.1 cm³/mol. The van der Waals surface area contributed by atoms with Crippen molar-refractivity contribution in [1.82, 2.24) is 0 Å². The third-order valence-corrected chi connectivity index (χ3v) is 0.975. The second-order valence-electron chi connectivity index (χ2n) is 1.55. The minimum Gasteiger partial charge on any atom is -0.878 e. The van der Waals surface area contributed by atoms with Crippen molar-refractivity contribution in [3.05, 3.63) is 11.8 Å². The molecule has 0 unspecified atom stereocenters. The fourth-order valence-electron chi connectivity index (χ4n) is 0.415. The molecular formula is C6H9O2-. The molecule has 0 aromatic carbocycles. The Bertz CT molecular complexity index is 114. The van der Waals surface area contributed by atoms with Gasteiger partial charge < -0.3 is 5.11 Å². The van der Waals surface area contributed by atoms with Crippen LogP contribution in [0.5, 0.6) is 0 Å². The van der Waals surface area contributed by atoms with Gasteiger partial charge in [0.2, 0.25) is 0 Å². The Kier molecular flexibility index (Phi) is 2.92. The van der Waals surface area contributed by atoms with Crippen molar-refractivity contribution in [2.75, 3.05) is 0 Å². The summed E-state index contributed by atoms with van der Waals surface area (Å²) in [6.07, 6.45) is 1.15. The SMILES string of the molecule is CCC(=C[O-])C(C)=O. The van der Waals surface area contributed by atoms with Crippen molar-refractivity contribution in [2.45, 2.75) is 20.3 Å². The average molecular weight is 113 g/mol. The molecule has 0 atom stereocenters. The molecule has 0 aliphatic carbocycles. The van der Waals surface area contributed by atoms with Gasteiger partial charge in [-0.3, -0.25) is 4.79 Å². The van der Waals surface area contributed by atoms with E-state index in [-0.39, 0.29) is 5.78 Å². The molecule has 0 aromatic heterocycles. The normalized spacial score (nSPS) is 11.5. The molecule has 0 amide bonds. The topological polar surface area (TPSA) is 40.1 Å². The second kappa shape index (κ2) is 3.24. The maximum atomic E-state index is 10.3. The summed E-state index contributed by atoms with van der Waals surface area (Å²) in [7, 11) is 0. The van der Waals surface area contributed by atoms with Gasteiger partial charge in [-0.15, -0.1) is 6.26 Å². The summed E-state index contributed by atoms with van der Waals surface area (Å²) in [5.74, 6) is -0.123. The predicted octanol–water partition coefficient (Wildman–Crippen LogP) is 0.230. The smallest absolute Gasteiger partial charge is 0.154 e. The van der Waals surface area contributed by atoms with Gasteiger partial charge in [0.05, 0.1) is 0 Å². The molecule has 0 radical (unpaired) electrons. The Hall–Kier alpha value is -0.790. The lowest BCUT2D eigenvalue weighted by molar-refractivity contribution is -0.276. The van der Waals surface area contributed by atoms with E-state index in [1.165, 1.54) is 6.92 Å². The molecular weight excluding hydrogens is 104 g/mol. The fraction of sp³-hybridized carbons (Fsp3) is 0.500. The Morgan fingerprint density at radius 2 is 2.25 bits per heavy atom. The lowest BCUT2D eigenvalue weighted by atomic mass is 10.2. The van der Waals surface area contributed by atoms with E-state index >= 15 is 0 Å². The molecule has 0 aliphatic rings. The molecule has 0 aromatic rings. The number of Topliss-reactive ketones (excluding diaryl/α,β-unsaturated/α-hetero) is 1. The van der Waals surface area contributed by atoms with Crippen LogP contribution in [-0.2, 0) is 4.79 Å². The van der Waals surface area contributed by atoms with Gasteiger partial charge in [0.15, 0.2) is 5.78 Å². The van der Waals surface area contributed by atoms with E-state index in [1.807, 2.05) is 0 Å². The van der Waals surface area contributed by atoms with Crippen molar-refractivity contribution < 1.29 is 9.90 Å². The first-order valence-electron chi connectivity index (χ1n) is 2.54. The minimum atomic E-state index is -0.123. The van der Waals surface area contributed by atoms with Crippen molar-refractivity contribution in [1.29, 1.82) is 0 Å². The molecule has 0 spiro atoms. The molecule has 0 bridgehead atoms. The van der Waals surface area contributed by atoms with Crippen LogP contribution in [0.3, 0.4) is 0 Å². The van der Waals surface area contributed by atoms with Gasteiger partial charge >= 0.3 is 0 Å². The van der Waals surface area contributed by atoms with E-state index in [0.717, 1.165) is 0 Å². The van der Waals surface area contributed by atoms with Crippen molar-refractivity contribution in [2.24, 2.45) is 0 Å². The zero-order chi connectivity index (χ0) is 6.57. The first-order valence-corrected chi connectivity index (χ1v) is 2.54. The van der Waals surface area contributed by atoms with Crippen LogP contribution in [0.2, 0.25) is 0 Å². The van der Waals surface area contributed by atoms with Crippen LogP contribution in [0.15, 0.2) is 11.8 Å². The zero-order valence-corrected chi connectivity index (χ0v) is 5.10. The molecule has 46 valence electrons. The summed E-state index contributed by atoms with van der Waals surface area (Å²) in [6.45, 7) is 3.18. The van der Waals surface area contributed by atoms with E-state index in [1.54, 1.807) is 6.92 Å². The van der Waals surface area contributed by atoms with Crippen LogP contribution in [0.25, 0.3) is 0 Å². The summed E-state index contributed by atoms with van der Waals surface area (Å²) in [5.41, 5.74) is 0.366. The lowest BCUT2D eigenvalue weighted by Gasteiger charge is -1.99. The number of ketones is 1. The Morgan fingerprint density at radius 1 is 1.75 bits per heavy atom. The quantitative estimate of drug-likeness (QED) is 0.380. The minimum absolute atomic E-state index is 0.123. The van der Waals surface area contributed by atoms with Gasteiger partial charge in [-0.25, -0.2) is 0 Å². The third-order valence-electron chi connectivity index (χ3n) is 0.975. The number of hydrogen-bond acceptors (Lipinski definition) is 2. The average Bonchev–Trinajstić information content (AvgIpc) is 1.69. The first-order chi connectivity index (χ1) is 3.72. The molecule has 0 rings (SSSR count). The van der Waals surface area contributed by atoms with Crippen molar-refractivity contribution >= 4 is 5.78 Å². The van der Waals surface area contributed by atoms with Crippen LogP contribution in [-0.4, -0.2) is 5.78 Å². The Morgan fingerprint density at radius 3 is 2.25 bits per heavy atom. The molecule has 0 saturated heterocycles. The van der Waals surface area contributed by atoms with Crippen LogP contribution in [0.1, 0.15) is 20.3 Å². The first kappa shape index (κ1) is 7.21. The summed E-state index contributed by atoms with van der Waals surface area (Å²) in [6, 6.07) is 0. The molecule has 0 saturated carbocycles. The molecule has 0 N–H and O–H groups in total. The Labute approximate surface area is 48.8 Å². The van der Waals surface area contributed by atoms with E-state index in [4.69, 9.17) is 0 Å². The fourth-order valence-corrected chi connectivity index (χ4v) is 0.415. The molecule has 8 heavy (non-hydrogen) atoms. The van der Waals surface area contributed by atoms with E-state index in [2.05, 4.69) is 0 Å². The monoisotopic (exact) mass is 113 g/mol. The van der Waals surface area contributed by atoms with E-state index < -0.39 is 0 Å². The maximum Gasteiger partial charge on any atom is 0.154 e. The van der Waals surface area contributed by atoms with Gasteiger partial charge in [0.1, 0.15) is 0 Å². The van der Waals surface area contributed by atoms with Crippen molar-refractivity contribution in [3.8, 4) is 0 Å².